The van der Waals surface area contributed by atoms with E-state index in [1.807, 2.05) is 0 Å². The molecule has 0 aliphatic rings. The highest BCUT2D eigenvalue weighted by Gasteiger charge is 2.07. The fourth-order valence-electron chi connectivity index (χ4n) is 1.05. The lowest BCUT2D eigenvalue weighted by atomic mass is 10.3. The largest absolute Gasteiger partial charge is 0.312 e. The Morgan fingerprint density at radius 1 is 1.46 bits per heavy atom. The number of nitrogens with one attached hydrogen (secondary N) is 1. The molecule has 1 aromatic heterocycles. The normalized spacial score (nSPS) is 10.5. The van der Waals surface area contributed by atoms with Crippen LogP contribution in [0, 0.1) is 10.1 Å². The van der Waals surface area contributed by atoms with Gasteiger partial charge in [0.05, 0.1) is 15.1 Å². The third kappa shape index (κ3) is 1.31. The number of nitrogens with zero attached hydrogens (tertiary/aromatic N) is 1. The van der Waals surface area contributed by atoms with E-state index < -0.39 is 4.92 Å². The lowest BCUT2D eigenvalue weighted by Gasteiger charge is -1.89. The third-order valence-corrected chi connectivity index (χ3v) is 2.46. The Hall–Kier alpha value is -1.69. The minimum Gasteiger partial charge on any atom is -0.312 e. The minimum atomic E-state index is -0.483. The van der Waals surface area contributed by atoms with Crippen LogP contribution in [-0.4, -0.2) is 9.91 Å². The SMILES string of the molecule is O=c1[nH]c2ccc([N+](=O)[O-])cc2s1. The molecule has 66 valence electrons. The van der Waals surface area contributed by atoms with Crippen molar-refractivity contribution in [2.75, 3.05) is 0 Å². The van der Waals surface area contributed by atoms with Crippen molar-refractivity contribution < 1.29 is 4.92 Å². The van der Waals surface area contributed by atoms with Gasteiger partial charge in [0.25, 0.3) is 5.69 Å². The number of benzene rings is 1. The molecule has 6 heteroatoms. The maximum absolute atomic E-state index is 10.9. The summed E-state index contributed by atoms with van der Waals surface area (Å²) < 4.78 is 0.610. The van der Waals surface area contributed by atoms with Crippen LogP contribution >= 0.6 is 11.3 Å². The first kappa shape index (κ1) is 7.93. The molecule has 0 fully saturated rings. The molecule has 5 nitrogen and oxygen atoms in total. The number of aromatic amines is 1. The Labute approximate surface area is 75.8 Å². The number of nitro benzene ring substituents is 1. The van der Waals surface area contributed by atoms with E-state index in [9.17, 15) is 14.9 Å². The summed E-state index contributed by atoms with van der Waals surface area (Å²) in [5.41, 5.74) is 0.642. The Bertz CT molecular complexity index is 528. The van der Waals surface area contributed by atoms with Crippen LogP contribution in [0.15, 0.2) is 23.0 Å². The summed E-state index contributed by atoms with van der Waals surface area (Å²) in [6.45, 7) is 0. The molecule has 1 aromatic carbocycles. The van der Waals surface area contributed by atoms with Crippen molar-refractivity contribution >= 4 is 27.2 Å². The zero-order chi connectivity index (χ0) is 9.42. The van der Waals surface area contributed by atoms with Gasteiger partial charge in [0.1, 0.15) is 0 Å². The van der Waals surface area contributed by atoms with E-state index in [4.69, 9.17) is 0 Å². The van der Waals surface area contributed by atoms with Crippen LogP contribution in [0.2, 0.25) is 0 Å². The van der Waals surface area contributed by atoms with Gasteiger partial charge in [-0.05, 0) is 6.07 Å². The number of thiazole rings is 1. The van der Waals surface area contributed by atoms with Crippen molar-refractivity contribution in [3.05, 3.63) is 38.0 Å². The first-order valence-electron chi connectivity index (χ1n) is 3.44. The summed E-state index contributed by atoms with van der Waals surface area (Å²) in [5.74, 6) is 0. The molecule has 13 heavy (non-hydrogen) atoms. The van der Waals surface area contributed by atoms with Crippen molar-refractivity contribution in [2.24, 2.45) is 0 Å². The lowest BCUT2D eigenvalue weighted by molar-refractivity contribution is -0.384. The summed E-state index contributed by atoms with van der Waals surface area (Å²) in [6, 6.07) is 4.29. The summed E-state index contributed by atoms with van der Waals surface area (Å²) in [6.07, 6.45) is 0. The number of non-ortho nitro benzene ring substituents is 1. The molecule has 0 atom stereocenters. The minimum absolute atomic E-state index is 0.00255. The Morgan fingerprint density at radius 3 is 2.92 bits per heavy atom. The molecule has 0 aliphatic heterocycles. The fourth-order valence-corrected chi connectivity index (χ4v) is 1.82. The number of nitro groups is 1. The molecular formula is C7H4N2O3S. The van der Waals surface area contributed by atoms with Gasteiger partial charge < -0.3 is 4.98 Å². The predicted molar refractivity (Wildman–Crippen MR) is 49.1 cm³/mol. The van der Waals surface area contributed by atoms with E-state index in [0.29, 0.717) is 10.2 Å². The molecule has 1 N–H and O–H groups in total. The van der Waals surface area contributed by atoms with Gasteiger partial charge in [-0.15, -0.1) is 0 Å². The molecule has 0 radical (unpaired) electrons. The lowest BCUT2D eigenvalue weighted by Crippen LogP contribution is -1.89. The van der Waals surface area contributed by atoms with Crippen molar-refractivity contribution in [3.63, 3.8) is 0 Å². The number of H-pyrrole nitrogens is 1. The van der Waals surface area contributed by atoms with Crippen LogP contribution in [0.5, 0.6) is 0 Å². The molecule has 0 saturated carbocycles. The van der Waals surface area contributed by atoms with Gasteiger partial charge in [0.15, 0.2) is 0 Å². The molecule has 2 rings (SSSR count). The highest BCUT2D eigenvalue weighted by molar-refractivity contribution is 7.16. The smallest absolute Gasteiger partial charge is 0.305 e. The maximum atomic E-state index is 10.9. The second-order valence-corrected chi connectivity index (χ2v) is 3.47. The first-order valence-corrected chi connectivity index (χ1v) is 4.26. The number of hydrogen-bond donors (Lipinski definition) is 1. The van der Waals surface area contributed by atoms with Gasteiger partial charge in [0.2, 0.25) is 0 Å². The highest BCUT2D eigenvalue weighted by Crippen LogP contribution is 2.20. The number of aromatic nitrogens is 1. The Kier molecular flexibility index (Phi) is 1.63. The fraction of sp³-hybridized carbons (Fsp3) is 0. The zero-order valence-corrected chi connectivity index (χ0v) is 7.13. The molecule has 2 aromatic rings. The summed E-state index contributed by atoms with van der Waals surface area (Å²) in [7, 11) is 0. The average Bonchev–Trinajstić information content (AvgIpc) is 2.42. The van der Waals surface area contributed by atoms with E-state index in [1.54, 1.807) is 0 Å². The molecular weight excluding hydrogens is 192 g/mol. The Morgan fingerprint density at radius 2 is 2.23 bits per heavy atom. The van der Waals surface area contributed by atoms with E-state index in [2.05, 4.69) is 4.98 Å². The predicted octanol–water partition coefficient (Wildman–Crippen LogP) is 1.50. The van der Waals surface area contributed by atoms with Crippen molar-refractivity contribution in [2.45, 2.75) is 0 Å². The van der Waals surface area contributed by atoms with Gasteiger partial charge in [-0.3, -0.25) is 14.9 Å². The van der Waals surface area contributed by atoms with E-state index in [0.717, 1.165) is 11.3 Å². The first-order chi connectivity index (χ1) is 6.16. The number of fused-ring (bicyclic) bond motifs is 1. The van der Waals surface area contributed by atoms with Crippen molar-refractivity contribution in [1.29, 1.82) is 0 Å². The molecule has 0 saturated heterocycles. The Balaban J connectivity index is 2.74. The topological polar surface area (TPSA) is 76.0 Å². The average molecular weight is 196 g/mol. The van der Waals surface area contributed by atoms with Crippen molar-refractivity contribution in [3.8, 4) is 0 Å². The van der Waals surface area contributed by atoms with Crippen LogP contribution < -0.4 is 4.87 Å². The molecule has 0 spiro atoms. The van der Waals surface area contributed by atoms with Crippen LogP contribution in [0.25, 0.3) is 10.2 Å². The number of hydrogen-bond acceptors (Lipinski definition) is 4. The van der Waals surface area contributed by atoms with Gasteiger partial charge in [-0.1, -0.05) is 11.3 Å². The molecule has 0 aliphatic carbocycles. The van der Waals surface area contributed by atoms with E-state index in [-0.39, 0.29) is 10.6 Å². The van der Waals surface area contributed by atoms with Gasteiger partial charge >= 0.3 is 4.87 Å². The van der Waals surface area contributed by atoms with Crippen LogP contribution in [-0.2, 0) is 0 Å². The van der Waals surface area contributed by atoms with E-state index >= 15 is 0 Å². The highest BCUT2D eigenvalue weighted by atomic mass is 32.1. The quantitative estimate of drug-likeness (QED) is 0.554. The van der Waals surface area contributed by atoms with Gasteiger partial charge in [-0.25, -0.2) is 0 Å². The van der Waals surface area contributed by atoms with Crippen LogP contribution in [0.1, 0.15) is 0 Å². The summed E-state index contributed by atoms with van der Waals surface area (Å²) in [4.78, 5) is 23.1. The molecule has 0 bridgehead atoms. The van der Waals surface area contributed by atoms with Gasteiger partial charge in [0, 0.05) is 12.1 Å². The van der Waals surface area contributed by atoms with Crippen molar-refractivity contribution in [1.82, 2.24) is 4.98 Å². The second kappa shape index (κ2) is 2.67. The van der Waals surface area contributed by atoms with Crippen LogP contribution in [0.3, 0.4) is 0 Å². The standard InChI is InChI=1S/C7H4N2O3S/c10-7-8-5-2-1-4(9(11)12)3-6(5)13-7/h1-3H,(H,8,10). The molecule has 1 heterocycles. The zero-order valence-electron chi connectivity index (χ0n) is 6.31. The van der Waals surface area contributed by atoms with Gasteiger partial charge in [-0.2, -0.15) is 0 Å². The summed E-state index contributed by atoms with van der Waals surface area (Å²) in [5, 5.41) is 10.4. The van der Waals surface area contributed by atoms with E-state index in [1.165, 1.54) is 18.2 Å². The third-order valence-electron chi connectivity index (χ3n) is 1.62. The molecule has 0 unspecified atom stereocenters. The monoisotopic (exact) mass is 196 g/mol. The molecule has 0 amide bonds. The summed E-state index contributed by atoms with van der Waals surface area (Å²) >= 11 is 0.968. The van der Waals surface area contributed by atoms with Crippen LogP contribution in [0.4, 0.5) is 5.69 Å². The number of rotatable bonds is 1. The maximum Gasteiger partial charge on any atom is 0.305 e. The second-order valence-electron chi connectivity index (χ2n) is 2.45.